The minimum Gasteiger partial charge on any atom is -0.398 e. The molecule has 1 fully saturated rings. The minimum absolute atomic E-state index is 0.596. The van der Waals surface area contributed by atoms with E-state index in [0.717, 1.165) is 36.7 Å². The Labute approximate surface area is 148 Å². The SMILES string of the molecule is C=C(Nc1cc(Cc2ccc(N)c(Cl)c2)ccn1)N1CCCCC1. The maximum atomic E-state index is 6.10. The number of likely N-dealkylation sites (tertiary alicyclic amines) is 1. The number of benzene rings is 1. The van der Waals surface area contributed by atoms with Gasteiger partial charge in [0.25, 0.3) is 0 Å². The summed E-state index contributed by atoms with van der Waals surface area (Å²) in [5.41, 5.74) is 8.66. The molecule has 126 valence electrons. The normalized spacial score (nSPS) is 14.5. The van der Waals surface area contributed by atoms with Crippen LogP contribution in [0.1, 0.15) is 30.4 Å². The summed E-state index contributed by atoms with van der Waals surface area (Å²) in [7, 11) is 0. The Kier molecular flexibility index (Phi) is 5.26. The van der Waals surface area contributed by atoms with Crippen LogP contribution in [-0.2, 0) is 6.42 Å². The van der Waals surface area contributed by atoms with Crippen LogP contribution in [0, 0.1) is 0 Å². The van der Waals surface area contributed by atoms with E-state index in [2.05, 4.69) is 27.8 Å². The number of hydrogen-bond donors (Lipinski definition) is 2. The summed E-state index contributed by atoms with van der Waals surface area (Å²) >= 11 is 6.10. The molecule has 0 bridgehead atoms. The number of rotatable bonds is 5. The number of nitrogens with zero attached hydrogens (tertiary/aromatic N) is 2. The first-order chi connectivity index (χ1) is 11.6. The molecule has 0 unspecified atom stereocenters. The number of halogens is 1. The zero-order valence-electron chi connectivity index (χ0n) is 13.8. The molecule has 0 radical (unpaired) electrons. The van der Waals surface area contributed by atoms with Crippen molar-refractivity contribution in [3.63, 3.8) is 0 Å². The van der Waals surface area contributed by atoms with Crippen molar-refractivity contribution in [3.05, 3.63) is 65.1 Å². The van der Waals surface area contributed by atoms with Crippen LogP contribution in [0.15, 0.2) is 48.9 Å². The van der Waals surface area contributed by atoms with E-state index in [1.54, 1.807) is 0 Å². The molecule has 0 spiro atoms. The predicted molar refractivity (Wildman–Crippen MR) is 101 cm³/mol. The first-order valence-electron chi connectivity index (χ1n) is 8.31. The third-order valence-corrected chi connectivity index (χ3v) is 4.63. The lowest BCUT2D eigenvalue weighted by Crippen LogP contribution is -2.31. The lowest BCUT2D eigenvalue weighted by Gasteiger charge is -2.30. The summed E-state index contributed by atoms with van der Waals surface area (Å²) in [6.07, 6.45) is 6.37. The summed E-state index contributed by atoms with van der Waals surface area (Å²) < 4.78 is 0. The van der Waals surface area contributed by atoms with Gasteiger partial charge in [-0.05, 0) is 61.1 Å². The number of piperidine rings is 1. The third-order valence-electron chi connectivity index (χ3n) is 4.31. The number of pyridine rings is 1. The van der Waals surface area contributed by atoms with Crippen molar-refractivity contribution in [1.29, 1.82) is 0 Å². The van der Waals surface area contributed by atoms with Crippen molar-refractivity contribution < 1.29 is 0 Å². The number of nitrogens with one attached hydrogen (secondary N) is 1. The Hall–Kier alpha value is -2.20. The van der Waals surface area contributed by atoms with Crippen LogP contribution in [0.3, 0.4) is 0 Å². The van der Waals surface area contributed by atoms with Crippen LogP contribution in [0.2, 0.25) is 5.02 Å². The summed E-state index contributed by atoms with van der Waals surface area (Å²) in [5, 5.41) is 3.93. The zero-order chi connectivity index (χ0) is 16.9. The molecule has 1 saturated heterocycles. The van der Waals surface area contributed by atoms with E-state index >= 15 is 0 Å². The van der Waals surface area contributed by atoms with Crippen molar-refractivity contribution in [2.24, 2.45) is 0 Å². The van der Waals surface area contributed by atoms with Gasteiger partial charge in [-0.2, -0.15) is 0 Å². The molecule has 3 rings (SSSR count). The molecule has 3 N–H and O–H groups in total. The van der Waals surface area contributed by atoms with E-state index in [4.69, 9.17) is 17.3 Å². The molecule has 0 atom stereocenters. The van der Waals surface area contributed by atoms with Gasteiger partial charge in [-0.25, -0.2) is 4.98 Å². The van der Waals surface area contributed by atoms with Gasteiger partial charge in [0.15, 0.2) is 0 Å². The van der Waals surface area contributed by atoms with Gasteiger partial charge < -0.3 is 16.0 Å². The second kappa shape index (κ2) is 7.58. The van der Waals surface area contributed by atoms with E-state index < -0.39 is 0 Å². The highest BCUT2D eigenvalue weighted by Gasteiger charge is 2.12. The number of anilines is 2. The molecule has 5 heteroatoms. The molecule has 1 aromatic heterocycles. The van der Waals surface area contributed by atoms with Crippen molar-refractivity contribution in [3.8, 4) is 0 Å². The molecule has 2 aromatic rings. The van der Waals surface area contributed by atoms with Gasteiger partial charge in [0.1, 0.15) is 5.82 Å². The van der Waals surface area contributed by atoms with Crippen molar-refractivity contribution in [2.75, 3.05) is 24.1 Å². The van der Waals surface area contributed by atoms with Crippen molar-refractivity contribution in [1.82, 2.24) is 9.88 Å². The monoisotopic (exact) mass is 342 g/mol. The van der Waals surface area contributed by atoms with E-state index in [1.165, 1.54) is 24.8 Å². The maximum Gasteiger partial charge on any atom is 0.131 e. The van der Waals surface area contributed by atoms with Crippen molar-refractivity contribution >= 4 is 23.1 Å². The highest BCUT2D eigenvalue weighted by molar-refractivity contribution is 6.33. The highest BCUT2D eigenvalue weighted by atomic mass is 35.5. The highest BCUT2D eigenvalue weighted by Crippen LogP contribution is 2.22. The average molecular weight is 343 g/mol. The maximum absolute atomic E-state index is 6.10. The van der Waals surface area contributed by atoms with E-state index in [0.29, 0.717) is 10.7 Å². The topological polar surface area (TPSA) is 54.2 Å². The number of nitrogen functional groups attached to an aromatic ring is 1. The minimum atomic E-state index is 0.596. The molecule has 0 amide bonds. The number of aromatic nitrogens is 1. The predicted octanol–water partition coefficient (Wildman–Crippen LogP) is 4.28. The molecule has 1 aliphatic heterocycles. The first-order valence-corrected chi connectivity index (χ1v) is 8.69. The lowest BCUT2D eigenvalue weighted by atomic mass is 10.1. The Balaban J connectivity index is 1.67. The second-order valence-electron chi connectivity index (χ2n) is 6.20. The Bertz CT molecular complexity index is 723. The molecule has 24 heavy (non-hydrogen) atoms. The van der Waals surface area contributed by atoms with Crippen LogP contribution in [0.5, 0.6) is 0 Å². The molecule has 1 aromatic carbocycles. The Morgan fingerprint density at radius 1 is 1.17 bits per heavy atom. The fourth-order valence-corrected chi connectivity index (χ4v) is 3.16. The van der Waals surface area contributed by atoms with E-state index in [-0.39, 0.29) is 0 Å². The second-order valence-corrected chi connectivity index (χ2v) is 6.61. The summed E-state index contributed by atoms with van der Waals surface area (Å²) in [5.74, 6) is 1.75. The molecular weight excluding hydrogens is 320 g/mol. The molecule has 0 saturated carbocycles. The largest absolute Gasteiger partial charge is 0.398 e. The quantitative estimate of drug-likeness (QED) is 0.796. The summed E-state index contributed by atoms with van der Waals surface area (Å²) in [4.78, 5) is 6.69. The fourth-order valence-electron chi connectivity index (χ4n) is 2.96. The number of nitrogens with two attached hydrogens (primary N) is 1. The van der Waals surface area contributed by atoms with Crippen LogP contribution in [0.4, 0.5) is 11.5 Å². The van der Waals surface area contributed by atoms with Crippen molar-refractivity contribution in [2.45, 2.75) is 25.7 Å². The fraction of sp³-hybridized carbons (Fsp3) is 0.316. The van der Waals surface area contributed by atoms with Gasteiger partial charge in [-0.1, -0.05) is 24.2 Å². The Morgan fingerprint density at radius 3 is 2.67 bits per heavy atom. The van der Waals surface area contributed by atoms with Crippen LogP contribution >= 0.6 is 11.6 Å². The zero-order valence-corrected chi connectivity index (χ0v) is 14.5. The summed E-state index contributed by atoms with van der Waals surface area (Å²) in [6, 6.07) is 9.83. The average Bonchev–Trinajstić information content (AvgIpc) is 2.59. The van der Waals surface area contributed by atoms with Gasteiger partial charge in [0.05, 0.1) is 16.5 Å². The van der Waals surface area contributed by atoms with Gasteiger partial charge in [-0.3, -0.25) is 0 Å². The molecule has 4 nitrogen and oxygen atoms in total. The number of hydrogen-bond acceptors (Lipinski definition) is 4. The third kappa shape index (κ3) is 4.20. The molecule has 2 heterocycles. The molecule has 0 aliphatic carbocycles. The van der Waals surface area contributed by atoms with Crippen LogP contribution < -0.4 is 11.1 Å². The standard InChI is InChI=1S/C19H23ClN4/c1-14(24-9-3-2-4-10-24)23-19-13-16(7-8-22-19)11-15-5-6-18(21)17(20)12-15/h5-8,12-13H,1-4,9-11,21H2,(H,22,23). The Morgan fingerprint density at radius 2 is 1.92 bits per heavy atom. The van der Waals surface area contributed by atoms with E-state index in [9.17, 15) is 0 Å². The lowest BCUT2D eigenvalue weighted by molar-refractivity contribution is 0.289. The van der Waals surface area contributed by atoms with Gasteiger partial charge in [0.2, 0.25) is 0 Å². The smallest absolute Gasteiger partial charge is 0.131 e. The van der Waals surface area contributed by atoms with Gasteiger partial charge in [-0.15, -0.1) is 0 Å². The summed E-state index contributed by atoms with van der Waals surface area (Å²) in [6.45, 7) is 6.28. The van der Waals surface area contributed by atoms with Gasteiger partial charge >= 0.3 is 0 Å². The van der Waals surface area contributed by atoms with Crippen LogP contribution in [0.25, 0.3) is 0 Å². The first kappa shape index (κ1) is 16.7. The molecule has 1 aliphatic rings. The van der Waals surface area contributed by atoms with E-state index in [1.807, 2.05) is 30.5 Å². The van der Waals surface area contributed by atoms with Gasteiger partial charge in [0, 0.05) is 19.3 Å². The molecular formula is C19H23ClN4. The van der Waals surface area contributed by atoms with Crippen LogP contribution in [-0.4, -0.2) is 23.0 Å².